The van der Waals surface area contributed by atoms with E-state index in [0.717, 1.165) is 6.54 Å². The number of rotatable bonds is 4. The molecule has 102 valence electrons. The van der Waals surface area contributed by atoms with Crippen LogP contribution < -0.4 is 5.32 Å². The number of benzene rings is 1. The van der Waals surface area contributed by atoms with Crippen LogP contribution in [-0.2, 0) is 13.6 Å². The van der Waals surface area contributed by atoms with Crippen LogP contribution >= 0.6 is 0 Å². The van der Waals surface area contributed by atoms with Gasteiger partial charge in [0.25, 0.3) is 0 Å². The first-order valence-corrected chi connectivity index (χ1v) is 6.81. The van der Waals surface area contributed by atoms with Crippen molar-refractivity contribution in [2.45, 2.75) is 40.2 Å². The lowest BCUT2D eigenvalue weighted by molar-refractivity contribution is 0.712. The van der Waals surface area contributed by atoms with Crippen molar-refractivity contribution in [1.29, 1.82) is 0 Å². The maximum absolute atomic E-state index is 4.54. The summed E-state index contributed by atoms with van der Waals surface area (Å²) in [6.45, 7) is 9.45. The van der Waals surface area contributed by atoms with Crippen molar-refractivity contribution in [3.63, 3.8) is 0 Å². The van der Waals surface area contributed by atoms with Crippen LogP contribution in [0.2, 0.25) is 0 Å². The summed E-state index contributed by atoms with van der Waals surface area (Å²) in [6, 6.07) is 6.49. The van der Waals surface area contributed by atoms with Crippen LogP contribution in [0.4, 0.5) is 5.69 Å². The van der Waals surface area contributed by atoms with Crippen LogP contribution in [-0.4, -0.2) is 9.78 Å². The van der Waals surface area contributed by atoms with Gasteiger partial charge >= 0.3 is 0 Å². The third kappa shape index (κ3) is 3.16. The van der Waals surface area contributed by atoms with Crippen LogP contribution in [0.3, 0.4) is 0 Å². The first-order chi connectivity index (χ1) is 8.97. The minimum atomic E-state index is 0.456. The van der Waals surface area contributed by atoms with E-state index in [2.05, 4.69) is 62.5 Å². The highest BCUT2D eigenvalue weighted by Gasteiger charge is 2.11. The first-order valence-electron chi connectivity index (χ1n) is 6.81. The Kier molecular flexibility index (Phi) is 3.93. The van der Waals surface area contributed by atoms with Crippen molar-refractivity contribution in [2.24, 2.45) is 7.05 Å². The Balaban J connectivity index is 2.14. The lowest BCUT2D eigenvalue weighted by atomic mass is 10.1. The molecule has 1 aromatic heterocycles. The third-order valence-electron chi connectivity index (χ3n) is 3.34. The molecule has 0 unspecified atom stereocenters. The first kappa shape index (κ1) is 13.7. The van der Waals surface area contributed by atoms with Gasteiger partial charge in [0, 0.05) is 31.0 Å². The summed E-state index contributed by atoms with van der Waals surface area (Å²) in [5, 5.41) is 8.05. The number of hydrogen-bond acceptors (Lipinski definition) is 2. The summed E-state index contributed by atoms with van der Waals surface area (Å²) in [5.41, 5.74) is 6.24. The third-order valence-corrected chi connectivity index (χ3v) is 3.34. The average molecular weight is 257 g/mol. The molecule has 0 atom stereocenters. The molecule has 0 saturated carbocycles. The minimum Gasteiger partial charge on any atom is -0.381 e. The van der Waals surface area contributed by atoms with E-state index in [1.54, 1.807) is 0 Å². The summed E-state index contributed by atoms with van der Waals surface area (Å²) in [5.74, 6) is 0.456. The SMILES string of the molecule is Cc1ccc(NCc2cn(C)nc2C(C)C)c(C)c1. The number of aryl methyl sites for hydroxylation is 3. The van der Waals surface area contributed by atoms with Gasteiger partial charge in [-0.2, -0.15) is 5.10 Å². The molecule has 0 aliphatic heterocycles. The Morgan fingerprint density at radius 3 is 2.63 bits per heavy atom. The van der Waals surface area contributed by atoms with Gasteiger partial charge in [0.1, 0.15) is 0 Å². The molecule has 1 aromatic carbocycles. The number of anilines is 1. The van der Waals surface area contributed by atoms with Crippen LogP contribution in [0.15, 0.2) is 24.4 Å². The van der Waals surface area contributed by atoms with E-state index in [4.69, 9.17) is 0 Å². The highest BCUT2D eigenvalue weighted by atomic mass is 15.3. The van der Waals surface area contributed by atoms with Crippen LogP contribution in [0.1, 0.15) is 42.1 Å². The Labute approximate surface area is 115 Å². The molecule has 0 radical (unpaired) electrons. The monoisotopic (exact) mass is 257 g/mol. The molecule has 0 aliphatic carbocycles. The molecule has 0 amide bonds. The fourth-order valence-corrected chi connectivity index (χ4v) is 2.38. The quantitative estimate of drug-likeness (QED) is 0.903. The van der Waals surface area contributed by atoms with Gasteiger partial charge in [0.2, 0.25) is 0 Å². The summed E-state index contributed by atoms with van der Waals surface area (Å²) in [7, 11) is 1.98. The molecule has 2 aromatic rings. The van der Waals surface area contributed by atoms with Crippen LogP contribution in [0.5, 0.6) is 0 Å². The van der Waals surface area contributed by atoms with E-state index < -0.39 is 0 Å². The number of hydrogen-bond donors (Lipinski definition) is 1. The summed E-state index contributed by atoms with van der Waals surface area (Å²) >= 11 is 0. The standard InChI is InChI=1S/C16H23N3/c1-11(2)16-14(10-19(5)18-16)9-17-15-7-6-12(3)8-13(15)4/h6-8,10-11,17H,9H2,1-5H3. The van der Waals surface area contributed by atoms with Crippen molar-refractivity contribution >= 4 is 5.69 Å². The van der Waals surface area contributed by atoms with Crippen molar-refractivity contribution in [3.05, 3.63) is 46.8 Å². The topological polar surface area (TPSA) is 29.9 Å². The zero-order valence-corrected chi connectivity index (χ0v) is 12.5. The molecule has 3 nitrogen and oxygen atoms in total. The fourth-order valence-electron chi connectivity index (χ4n) is 2.38. The smallest absolute Gasteiger partial charge is 0.0699 e. The Morgan fingerprint density at radius 1 is 1.26 bits per heavy atom. The van der Waals surface area contributed by atoms with E-state index in [1.165, 1.54) is 28.1 Å². The van der Waals surface area contributed by atoms with Crippen molar-refractivity contribution < 1.29 is 0 Å². The predicted octanol–water partition coefficient (Wildman–Crippen LogP) is 3.77. The summed E-state index contributed by atoms with van der Waals surface area (Å²) < 4.78 is 1.90. The normalized spacial score (nSPS) is 11.1. The molecular formula is C16H23N3. The molecular weight excluding hydrogens is 234 g/mol. The highest BCUT2D eigenvalue weighted by Crippen LogP contribution is 2.20. The van der Waals surface area contributed by atoms with E-state index in [-0.39, 0.29) is 0 Å². The molecule has 0 saturated heterocycles. The lowest BCUT2D eigenvalue weighted by Gasteiger charge is -2.11. The maximum Gasteiger partial charge on any atom is 0.0699 e. The maximum atomic E-state index is 4.54. The Bertz CT molecular complexity index is 567. The van der Waals surface area contributed by atoms with Crippen molar-refractivity contribution in [2.75, 3.05) is 5.32 Å². The largest absolute Gasteiger partial charge is 0.381 e. The average Bonchev–Trinajstić information content (AvgIpc) is 2.69. The second kappa shape index (κ2) is 5.47. The predicted molar refractivity (Wildman–Crippen MR) is 80.5 cm³/mol. The lowest BCUT2D eigenvalue weighted by Crippen LogP contribution is -2.03. The molecule has 3 heteroatoms. The van der Waals surface area contributed by atoms with Gasteiger partial charge in [0.15, 0.2) is 0 Å². The number of nitrogens with one attached hydrogen (secondary N) is 1. The Morgan fingerprint density at radius 2 is 2.00 bits per heavy atom. The number of aromatic nitrogens is 2. The molecule has 1 heterocycles. The van der Waals surface area contributed by atoms with Gasteiger partial charge in [0.05, 0.1) is 5.69 Å². The van der Waals surface area contributed by atoms with Gasteiger partial charge in [-0.25, -0.2) is 0 Å². The van der Waals surface area contributed by atoms with E-state index in [9.17, 15) is 0 Å². The summed E-state index contributed by atoms with van der Waals surface area (Å²) in [4.78, 5) is 0. The highest BCUT2D eigenvalue weighted by molar-refractivity contribution is 5.52. The molecule has 0 spiro atoms. The molecule has 19 heavy (non-hydrogen) atoms. The fraction of sp³-hybridized carbons (Fsp3) is 0.438. The molecule has 2 rings (SSSR count). The zero-order valence-electron chi connectivity index (χ0n) is 12.5. The molecule has 1 N–H and O–H groups in total. The Hall–Kier alpha value is -1.77. The second-order valence-corrected chi connectivity index (χ2v) is 5.54. The van der Waals surface area contributed by atoms with Gasteiger partial charge in [-0.3, -0.25) is 4.68 Å². The minimum absolute atomic E-state index is 0.456. The van der Waals surface area contributed by atoms with E-state index in [1.807, 2.05) is 11.7 Å². The van der Waals surface area contributed by atoms with E-state index >= 15 is 0 Å². The second-order valence-electron chi connectivity index (χ2n) is 5.54. The van der Waals surface area contributed by atoms with Crippen LogP contribution in [0, 0.1) is 13.8 Å². The number of nitrogens with zero attached hydrogens (tertiary/aromatic N) is 2. The molecule has 0 aliphatic rings. The zero-order chi connectivity index (χ0) is 14.0. The molecule has 0 fully saturated rings. The van der Waals surface area contributed by atoms with Crippen molar-refractivity contribution in [1.82, 2.24) is 9.78 Å². The van der Waals surface area contributed by atoms with Gasteiger partial charge < -0.3 is 5.32 Å². The van der Waals surface area contributed by atoms with Crippen LogP contribution in [0.25, 0.3) is 0 Å². The van der Waals surface area contributed by atoms with Gasteiger partial charge in [-0.1, -0.05) is 31.5 Å². The summed E-state index contributed by atoms with van der Waals surface area (Å²) in [6.07, 6.45) is 2.10. The van der Waals surface area contributed by atoms with Gasteiger partial charge in [-0.15, -0.1) is 0 Å². The molecule has 0 bridgehead atoms. The van der Waals surface area contributed by atoms with E-state index in [0.29, 0.717) is 5.92 Å². The van der Waals surface area contributed by atoms with Gasteiger partial charge in [-0.05, 0) is 31.4 Å². The van der Waals surface area contributed by atoms with Crippen molar-refractivity contribution in [3.8, 4) is 0 Å².